The number of aliphatic carboxylic acids is 1. The Morgan fingerprint density at radius 2 is 2.04 bits per heavy atom. The molecular weight excluding hydrogens is 338 g/mol. The number of halogens is 1. The molecule has 23 heavy (non-hydrogen) atoms. The van der Waals surface area contributed by atoms with Crippen molar-refractivity contribution in [1.82, 2.24) is 14.9 Å². The van der Waals surface area contributed by atoms with E-state index in [0.29, 0.717) is 29.9 Å². The van der Waals surface area contributed by atoms with Gasteiger partial charge in [-0.1, -0.05) is 18.5 Å². The zero-order valence-corrected chi connectivity index (χ0v) is 15.7. The second-order valence-corrected chi connectivity index (χ2v) is 6.47. The maximum absolute atomic E-state index is 11.3. The van der Waals surface area contributed by atoms with Crippen molar-refractivity contribution in [3.63, 3.8) is 0 Å². The van der Waals surface area contributed by atoms with Crippen LogP contribution in [0.2, 0.25) is 5.15 Å². The van der Waals surface area contributed by atoms with Crippen molar-refractivity contribution in [2.24, 2.45) is 0 Å². The summed E-state index contributed by atoms with van der Waals surface area (Å²) in [5.74, 6) is 0.0154. The summed E-state index contributed by atoms with van der Waals surface area (Å²) in [5.41, 5.74) is 0. The third-order valence-electron chi connectivity index (χ3n) is 3.32. The maximum Gasteiger partial charge on any atom is 0.326 e. The average molecular weight is 362 g/mol. The van der Waals surface area contributed by atoms with Crippen LogP contribution in [0, 0.1) is 0 Å². The highest BCUT2D eigenvalue weighted by atomic mass is 35.5. The first kappa shape index (κ1) is 19.8. The van der Waals surface area contributed by atoms with Crippen LogP contribution in [0.5, 0.6) is 0 Å². The Kier molecular flexibility index (Phi) is 7.87. The molecule has 2 N–H and O–H groups in total. The van der Waals surface area contributed by atoms with Crippen molar-refractivity contribution in [3.05, 3.63) is 5.15 Å². The van der Waals surface area contributed by atoms with E-state index in [2.05, 4.69) is 20.2 Å². The van der Waals surface area contributed by atoms with Gasteiger partial charge in [0.15, 0.2) is 0 Å². The highest BCUT2D eigenvalue weighted by Gasteiger charge is 2.24. The number of likely N-dealkylation sites (N-methyl/N-ethyl adjacent to an activating group) is 2. The molecule has 0 radical (unpaired) electrons. The topological polar surface area (TPSA) is 81.6 Å². The van der Waals surface area contributed by atoms with E-state index in [-0.39, 0.29) is 0 Å². The second kappa shape index (κ2) is 9.14. The molecule has 0 saturated carbocycles. The van der Waals surface area contributed by atoms with Crippen LogP contribution in [0.15, 0.2) is 4.90 Å². The van der Waals surface area contributed by atoms with Crippen LogP contribution in [0.4, 0.5) is 11.8 Å². The first-order valence-electron chi connectivity index (χ1n) is 7.27. The molecule has 0 fully saturated rings. The molecule has 1 heterocycles. The second-order valence-electron chi connectivity index (χ2n) is 5.30. The van der Waals surface area contributed by atoms with Crippen molar-refractivity contribution in [2.45, 2.75) is 24.3 Å². The van der Waals surface area contributed by atoms with Gasteiger partial charge in [-0.15, -0.1) is 11.8 Å². The largest absolute Gasteiger partial charge is 0.480 e. The van der Waals surface area contributed by atoms with Crippen molar-refractivity contribution < 1.29 is 9.90 Å². The quantitative estimate of drug-likeness (QED) is 0.511. The Labute approximate surface area is 146 Å². The molecule has 1 aromatic rings. The number of nitrogens with one attached hydrogen (secondary N) is 1. The molecule has 0 saturated heterocycles. The predicted molar refractivity (Wildman–Crippen MR) is 96.0 cm³/mol. The lowest BCUT2D eigenvalue weighted by atomic mass is 10.2. The van der Waals surface area contributed by atoms with Gasteiger partial charge in [0.1, 0.15) is 17.0 Å². The number of carbonyl (C=O) groups is 1. The fraction of sp³-hybridized carbons (Fsp3) is 0.643. The summed E-state index contributed by atoms with van der Waals surface area (Å²) in [7, 11) is 5.64. The van der Waals surface area contributed by atoms with Gasteiger partial charge >= 0.3 is 5.97 Å². The number of rotatable bonds is 9. The van der Waals surface area contributed by atoms with E-state index in [0.717, 1.165) is 11.4 Å². The van der Waals surface area contributed by atoms with Gasteiger partial charge in [0.05, 0.1) is 4.90 Å². The number of carboxylic acid groups (broad SMARTS) is 1. The number of hydrogen-bond donors (Lipinski definition) is 2. The zero-order chi connectivity index (χ0) is 17.6. The molecule has 0 amide bonds. The number of hydrogen-bond acceptors (Lipinski definition) is 7. The molecule has 0 bridgehead atoms. The van der Waals surface area contributed by atoms with Gasteiger partial charge in [0.25, 0.3) is 0 Å². The minimum atomic E-state index is -0.911. The number of aromatic nitrogens is 2. The Hall–Kier alpha value is -1.25. The Morgan fingerprint density at radius 1 is 1.39 bits per heavy atom. The SMILES string of the molecule is CCC(C(=O)O)N(C)c1nc(Cl)c(SC)c(NCCN(C)C)n1. The van der Waals surface area contributed by atoms with E-state index in [4.69, 9.17) is 11.6 Å². The third-order valence-corrected chi connectivity index (χ3v) is 4.50. The van der Waals surface area contributed by atoms with E-state index in [1.165, 1.54) is 16.7 Å². The molecule has 1 aromatic heterocycles. The van der Waals surface area contributed by atoms with Crippen molar-refractivity contribution >= 4 is 41.1 Å². The Balaban J connectivity index is 3.10. The first-order valence-corrected chi connectivity index (χ1v) is 8.87. The van der Waals surface area contributed by atoms with E-state index >= 15 is 0 Å². The Bertz CT molecular complexity index is 544. The van der Waals surface area contributed by atoms with Gasteiger partial charge in [-0.3, -0.25) is 0 Å². The highest BCUT2D eigenvalue weighted by molar-refractivity contribution is 7.98. The summed E-state index contributed by atoms with van der Waals surface area (Å²) in [6.07, 6.45) is 2.34. The van der Waals surface area contributed by atoms with E-state index in [1.54, 1.807) is 7.05 Å². The van der Waals surface area contributed by atoms with Crippen LogP contribution in [-0.2, 0) is 4.79 Å². The van der Waals surface area contributed by atoms with Gasteiger partial charge in [-0.25, -0.2) is 4.79 Å². The van der Waals surface area contributed by atoms with E-state index in [9.17, 15) is 9.90 Å². The molecule has 7 nitrogen and oxygen atoms in total. The number of thioether (sulfide) groups is 1. The smallest absolute Gasteiger partial charge is 0.326 e. The number of anilines is 2. The summed E-state index contributed by atoms with van der Waals surface area (Å²) in [6.45, 7) is 3.35. The van der Waals surface area contributed by atoms with Gasteiger partial charge in [-0.2, -0.15) is 9.97 Å². The Morgan fingerprint density at radius 3 is 2.52 bits per heavy atom. The molecule has 1 unspecified atom stereocenters. The molecular formula is C14H24ClN5O2S. The van der Waals surface area contributed by atoms with Crippen molar-refractivity contribution in [3.8, 4) is 0 Å². The lowest BCUT2D eigenvalue weighted by molar-refractivity contribution is -0.138. The lowest BCUT2D eigenvalue weighted by Crippen LogP contribution is -2.39. The van der Waals surface area contributed by atoms with Gasteiger partial charge in [0, 0.05) is 20.1 Å². The summed E-state index contributed by atoms with van der Waals surface area (Å²) < 4.78 is 0. The fourth-order valence-electron chi connectivity index (χ4n) is 2.02. The van der Waals surface area contributed by atoms with Crippen LogP contribution in [0.1, 0.15) is 13.3 Å². The zero-order valence-electron chi connectivity index (χ0n) is 14.1. The van der Waals surface area contributed by atoms with Gasteiger partial charge in [-0.05, 0) is 26.8 Å². The maximum atomic E-state index is 11.3. The van der Waals surface area contributed by atoms with Crippen LogP contribution in [0.3, 0.4) is 0 Å². The summed E-state index contributed by atoms with van der Waals surface area (Å²) >= 11 is 7.71. The first-order chi connectivity index (χ1) is 10.8. The molecule has 9 heteroatoms. The van der Waals surface area contributed by atoms with E-state index < -0.39 is 12.0 Å². The average Bonchev–Trinajstić information content (AvgIpc) is 2.46. The van der Waals surface area contributed by atoms with E-state index in [1.807, 2.05) is 27.3 Å². The molecule has 0 aromatic carbocycles. The lowest BCUT2D eigenvalue weighted by Gasteiger charge is -2.25. The van der Waals surface area contributed by atoms with Crippen molar-refractivity contribution in [2.75, 3.05) is 50.7 Å². The molecule has 130 valence electrons. The monoisotopic (exact) mass is 361 g/mol. The molecule has 0 spiro atoms. The third kappa shape index (κ3) is 5.40. The molecule has 1 atom stereocenters. The van der Waals surface area contributed by atoms with Crippen LogP contribution in [-0.4, -0.2) is 72.5 Å². The predicted octanol–water partition coefficient (Wildman–Crippen LogP) is 2.12. The van der Waals surface area contributed by atoms with Crippen molar-refractivity contribution in [1.29, 1.82) is 0 Å². The highest BCUT2D eigenvalue weighted by Crippen LogP contribution is 2.32. The summed E-state index contributed by atoms with van der Waals surface area (Å²) in [5, 5.41) is 12.9. The number of carboxylic acids is 1. The summed E-state index contributed by atoms with van der Waals surface area (Å²) in [4.78, 5) is 24.4. The molecule has 1 rings (SSSR count). The normalized spacial score (nSPS) is 12.3. The van der Waals surface area contributed by atoms with Crippen LogP contribution in [0.25, 0.3) is 0 Å². The minimum absolute atomic E-state index is 0.300. The standard InChI is InChI=1S/C14H24ClN5O2S/c1-6-9(13(21)22)20(4)14-17-11(15)10(23-5)12(18-14)16-7-8-19(2)3/h9H,6-8H2,1-5H3,(H,21,22)(H,16,17,18). The molecule has 0 aliphatic heterocycles. The molecule has 0 aliphatic carbocycles. The minimum Gasteiger partial charge on any atom is -0.480 e. The van der Waals surface area contributed by atoms with Crippen LogP contribution < -0.4 is 10.2 Å². The van der Waals surface area contributed by atoms with Gasteiger partial charge in [0.2, 0.25) is 5.95 Å². The fourth-order valence-corrected chi connectivity index (χ4v) is 2.94. The summed E-state index contributed by atoms with van der Waals surface area (Å²) in [6, 6.07) is -0.694. The molecule has 0 aliphatic rings. The van der Waals surface area contributed by atoms with Gasteiger partial charge < -0.3 is 20.2 Å². The number of nitrogens with zero attached hydrogens (tertiary/aromatic N) is 4. The van der Waals surface area contributed by atoms with Crippen LogP contribution >= 0.6 is 23.4 Å².